The first-order chi connectivity index (χ1) is 8.78. The van der Waals surface area contributed by atoms with Crippen LogP contribution in [0.4, 0.5) is 11.6 Å². The molecule has 0 aliphatic rings. The molecule has 0 saturated carbocycles. The largest absolute Gasteiger partial charge is 0.330 e. The molecule has 0 aliphatic carbocycles. The van der Waals surface area contributed by atoms with Crippen LogP contribution in [0.1, 0.15) is 17.5 Å². The van der Waals surface area contributed by atoms with E-state index in [1.165, 1.54) is 5.56 Å². The predicted octanol–water partition coefficient (Wildman–Crippen LogP) is 2.42. The molecule has 0 spiro atoms. The molecule has 1 heterocycles. The maximum atomic E-state index is 5.52. The van der Waals surface area contributed by atoms with E-state index in [4.69, 9.17) is 5.73 Å². The number of hydrogen-bond acceptors (Lipinski definition) is 4. The van der Waals surface area contributed by atoms with Gasteiger partial charge in [0.1, 0.15) is 0 Å². The van der Waals surface area contributed by atoms with E-state index in [1.807, 2.05) is 19.1 Å². The van der Waals surface area contributed by atoms with Gasteiger partial charge in [0, 0.05) is 18.1 Å². The van der Waals surface area contributed by atoms with Gasteiger partial charge in [0.2, 0.25) is 5.95 Å². The van der Waals surface area contributed by atoms with Crippen LogP contribution in [0, 0.1) is 6.92 Å². The lowest BCUT2D eigenvalue weighted by Crippen LogP contribution is -2.01. The second-order valence-corrected chi connectivity index (χ2v) is 4.30. The Bertz CT molecular complexity index is 493. The number of anilines is 2. The van der Waals surface area contributed by atoms with Crippen LogP contribution in [-0.4, -0.2) is 16.5 Å². The van der Waals surface area contributed by atoms with Crippen molar-refractivity contribution in [2.75, 3.05) is 11.9 Å². The van der Waals surface area contributed by atoms with E-state index in [1.54, 1.807) is 12.4 Å². The maximum Gasteiger partial charge on any atom is 0.227 e. The van der Waals surface area contributed by atoms with Crippen molar-refractivity contribution < 1.29 is 0 Å². The minimum absolute atomic E-state index is 0.622. The molecule has 94 valence electrons. The lowest BCUT2D eigenvalue weighted by molar-refractivity contribution is 0.833. The highest BCUT2D eigenvalue weighted by molar-refractivity contribution is 5.54. The molecule has 0 unspecified atom stereocenters. The zero-order valence-electron chi connectivity index (χ0n) is 10.6. The van der Waals surface area contributed by atoms with Crippen molar-refractivity contribution in [3.05, 3.63) is 47.8 Å². The van der Waals surface area contributed by atoms with Gasteiger partial charge in [-0.25, -0.2) is 9.97 Å². The third-order valence-corrected chi connectivity index (χ3v) is 2.63. The first-order valence-electron chi connectivity index (χ1n) is 6.12. The minimum Gasteiger partial charge on any atom is -0.330 e. The van der Waals surface area contributed by atoms with E-state index in [-0.39, 0.29) is 0 Å². The lowest BCUT2D eigenvalue weighted by atomic mass is 10.1. The van der Waals surface area contributed by atoms with Crippen LogP contribution in [0.25, 0.3) is 0 Å². The Hall–Kier alpha value is -1.94. The van der Waals surface area contributed by atoms with Crippen LogP contribution < -0.4 is 11.1 Å². The highest BCUT2D eigenvalue weighted by Gasteiger charge is 1.99. The number of aromatic nitrogens is 2. The summed E-state index contributed by atoms with van der Waals surface area (Å²) >= 11 is 0. The molecule has 0 bridgehead atoms. The van der Waals surface area contributed by atoms with Gasteiger partial charge in [-0.15, -0.1) is 0 Å². The molecule has 3 N–H and O–H groups in total. The van der Waals surface area contributed by atoms with Gasteiger partial charge in [-0.3, -0.25) is 0 Å². The number of benzene rings is 1. The van der Waals surface area contributed by atoms with E-state index in [2.05, 4.69) is 27.4 Å². The fraction of sp³-hybridized carbons (Fsp3) is 0.286. The van der Waals surface area contributed by atoms with Crippen LogP contribution in [-0.2, 0) is 6.42 Å². The number of nitrogens with zero attached hydrogens (tertiary/aromatic N) is 2. The lowest BCUT2D eigenvalue weighted by Gasteiger charge is -2.07. The first-order valence-corrected chi connectivity index (χ1v) is 6.12. The number of nitrogens with two attached hydrogens (primary N) is 1. The smallest absolute Gasteiger partial charge is 0.227 e. The molecule has 0 amide bonds. The molecule has 0 aliphatic heterocycles. The van der Waals surface area contributed by atoms with E-state index < -0.39 is 0 Å². The Labute approximate surface area is 107 Å². The van der Waals surface area contributed by atoms with Crippen molar-refractivity contribution >= 4 is 11.6 Å². The second-order valence-electron chi connectivity index (χ2n) is 4.30. The summed E-state index contributed by atoms with van der Waals surface area (Å²) in [6, 6.07) is 8.26. The first kappa shape index (κ1) is 12.5. The Balaban J connectivity index is 2.06. The molecular formula is C14H18N4. The Morgan fingerprint density at radius 3 is 2.72 bits per heavy atom. The van der Waals surface area contributed by atoms with Crippen molar-refractivity contribution in [2.45, 2.75) is 19.8 Å². The van der Waals surface area contributed by atoms with Crippen LogP contribution in [0.15, 0.2) is 36.7 Å². The van der Waals surface area contributed by atoms with Crippen molar-refractivity contribution in [3.8, 4) is 0 Å². The maximum absolute atomic E-state index is 5.52. The van der Waals surface area contributed by atoms with Crippen LogP contribution in [0.3, 0.4) is 0 Å². The molecule has 18 heavy (non-hydrogen) atoms. The number of rotatable bonds is 5. The standard InChI is InChI=1S/C14H18N4/c1-11-9-16-14(17-10-11)18-13-6-2-4-12(8-13)5-3-7-15/h2,4,6,8-10H,3,5,7,15H2,1H3,(H,16,17,18). The Morgan fingerprint density at radius 2 is 2.00 bits per heavy atom. The van der Waals surface area contributed by atoms with Gasteiger partial charge < -0.3 is 11.1 Å². The SMILES string of the molecule is Cc1cnc(Nc2cccc(CCCN)c2)nc1. The molecular weight excluding hydrogens is 224 g/mol. The zero-order valence-corrected chi connectivity index (χ0v) is 10.6. The fourth-order valence-corrected chi connectivity index (χ4v) is 1.70. The van der Waals surface area contributed by atoms with Gasteiger partial charge in [-0.2, -0.15) is 0 Å². The average molecular weight is 242 g/mol. The van der Waals surface area contributed by atoms with Crippen molar-refractivity contribution in [1.82, 2.24) is 9.97 Å². The van der Waals surface area contributed by atoms with E-state index in [0.717, 1.165) is 30.6 Å². The van der Waals surface area contributed by atoms with Crippen LogP contribution in [0.5, 0.6) is 0 Å². The van der Waals surface area contributed by atoms with E-state index >= 15 is 0 Å². The third-order valence-electron chi connectivity index (χ3n) is 2.63. The molecule has 2 aromatic rings. The summed E-state index contributed by atoms with van der Waals surface area (Å²) < 4.78 is 0. The molecule has 4 heteroatoms. The quantitative estimate of drug-likeness (QED) is 0.845. The number of nitrogens with one attached hydrogen (secondary N) is 1. The van der Waals surface area contributed by atoms with E-state index in [9.17, 15) is 0 Å². The topological polar surface area (TPSA) is 63.8 Å². The fourth-order valence-electron chi connectivity index (χ4n) is 1.70. The van der Waals surface area contributed by atoms with Crippen molar-refractivity contribution in [1.29, 1.82) is 0 Å². The molecule has 4 nitrogen and oxygen atoms in total. The molecule has 0 radical (unpaired) electrons. The summed E-state index contributed by atoms with van der Waals surface area (Å²) in [4.78, 5) is 8.45. The average Bonchev–Trinajstić information content (AvgIpc) is 2.40. The van der Waals surface area contributed by atoms with Gasteiger partial charge >= 0.3 is 0 Å². The van der Waals surface area contributed by atoms with Gasteiger partial charge in [0.15, 0.2) is 0 Å². The zero-order chi connectivity index (χ0) is 12.8. The molecule has 0 fully saturated rings. The van der Waals surface area contributed by atoms with Gasteiger partial charge in [0.05, 0.1) is 0 Å². The molecule has 0 atom stereocenters. The summed E-state index contributed by atoms with van der Waals surface area (Å²) in [5, 5.41) is 3.19. The Kier molecular flexibility index (Phi) is 4.25. The number of hydrogen-bond donors (Lipinski definition) is 2. The second kappa shape index (κ2) is 6.12. The highest BCUT2D eigenvalue weighted by atomic mass is 15.1. The van der Waals surface area contributed by atoms with Gasteiger partial charge in [-0.1, -0.05) is 12.1 Å². The van der Waals surface area contributed by atoms with Crippen LogP contribution in [0.2, 0.25) is 0 Å². The predicted molar refractivity (Wildman–Crippen MR) is 73.9 cm³/mol. The summed E-state index contributed by atoms with van der Waals surface area (Å²) in [6.45, 7) is 2.69. The normalized spacial score (nSPS) is 10.3. The summed E-state index contributed by atoms with van der Waals surface area (Å²) in [6.07, 6.45) is 5.60. The van der Waals surface area contributed by atoms with Crippen LogP contribution >= 0.6 is 0 Å². The molecule has 1 aromatic heterocycles. The highest BCUT2D eigenvalue weighted by Crippen LogP contribution is 2.15. The summed E-state index contributed by atoms with van der Waals surface area (Å²) in [7, 11) is 0. The molecule has 0 saturated heterocycles. The summed E-state index contributed by atoms with van der Waals surface area (Å²) in [5.74, 6) is 0.622. The van der Waals surface area contributed by atoms with E-state index in [0.29, 0.717) is 5.95 Å². The minimum atomic E-state index is 0.622. The monoisotopic (exact) mass is 242 g/mol. The van der Waals surface area contributed by atoms with Gasteiger partial charge in [0.25, 0.3) is 0 Å². The molecule has 2 rings (SSSR count). The summed E-state index contributed by atoms with van der Waals surface area (Å²) in [5.41, 5.74) is 8.85. The number of aryl methyl sites for hydroxylation is 2. The Morgan fingerprint density at radius 1 is 1.22 bits per heavy atom. The third kappa shape index (κ3) is 3.53. The molecule has 1 aromatic carbocycles. The van der Waals surface area contributed by atoms with Crippen molar-refractivity contribution in [2.24, 2.45) is 5.73 Å². The van der Waals surface area contributed by atoms with Gasteiger partial charge in [-0.05, 0) is 49.6 Å². The van der Waals surface area contributed by atoms with Crippen molar-refractivity contribution in [3.63, 3.8) is 0 Å².